The van der Waals surface area contributed by atoms with Crippen LogP contribution in [0.15, 0.2) is 29.2 Å². The Hall–Kier alpha value is -0.650. The summed E-state index contributed by atoms with van der Waals surface area (Å²) in [5, 5.41) is 9.06. The molecule has 2 heterocycles. The fraction of sp³-hybridized carbons (Fsp3) is 0.533. The second-order valence-electron chi connectivity index (χ2n) is 5.37. The Bertz CT molecular complexity index is 495. The van der Waals surface area contributed by atoms with Crippen molar-refractivity contribution in [1.29, 1.82) is 0 Å². The third-order valence-electron chi connectivity index (χ3n) is 4.01. The number of hydrogen-bond donors (Lipinski definition) is 1. The van der Waals surface area contributed by atoms with E-state index >= 15 is 0 Å². The van der Waals surface area contributed by atoms with Gasteiger partial charge < -0.3 is 5.11 Å². The Morgan fingerprint density at radius 3 is 3.05 bits per heavy atom. The van der Waals surface area contributed by atoms with E-state index in [1.165, 1.54) is 10.5 Å². The zero-order valence-electron chi connectivity index (χ0n) is 11.3. The van der Waals surface area contributed by atoms with Crippen molar-refractivity contribution in [3.8, 4) is 0 Å². The van der Waals surface area contributed by atoms with Gasteiger partial charge in [-0.25, -0.2) is 0 Å². The van der Waals surface area contributed by atoms with Crippen LogP contribution < -0.4 is 0 Å². The van der Waals surface area contributed by atoms with Gasteiger partial charge in [-0.3, -0.25) is 9.69 Å². The Morgan fingerprint density at radius 1 is 1.35 bits per heavy atom. The fourth-order valence-corrected chi connectivity index (χ4v) is 5.36. The van der Waals surface area contributed by atoms with E-state index < -0.39 is 5.97 Å². The molecule has 2 aliphatic rings. The molecule has 3 nitrogen and oxygen atoms in total. The molecule has 20 heavy (non-hydrogen) atoms. The van der Waals surface area contributed by atoms with Crippen LogP contribution in [0.1, 0.15) is 17.9 Å². The average molecular weight is 309 g/mol. The number of carboxylic acid groups (broad SMARTS) is 1. The van der Waals surface area contributed by atoms with Gasteiger partial charge in [0.25, 0.3) is 0 Å². The highest BCUT2D eigenvalue weighted by molar-refractivity contribution is 7.99. The molecular formula is C15H19NO2S2. The second kappa shape index (κ2) is 6.41. The zero-order chi connectivity index (χ0) is 13.9. The lowest BCUT2D eigenvalue weighted by Crippen LogP contribution is -2.45. The predicted molar refractivity (Wildman–Crippen MR) is 84.8 cm³/mol. The van der Waals surface area contributed by atoms with Crippen molar-refractivity contribution in [3.05, 3.63) is 29.8 Å². The standard InChI is InChI=1S/C15H19NO2S2/c17-15(18)7-12-10-19-6-5-16(12)8-11-9-20-14-4-2-1-3-13(11)14/h1-4,11-12H,5-10H2,(H,17,18). The summed E-state index contributed by atoms with van der Waals surface area (Å²) >= 11 is 3.81. The highest BCUT2D eigenvalue weighted by Crippen LogP contribution is 2.40. The number of rotatable bonds is 4. The van der Waals surface area contributed by atoms with Crippen LogP contribution in [0.4, 0.5) is 0 Å². The van der Waals surface area contributed by atoms with Crippen molar-refractivity contribution in [2.45, 2.75) is 23.3 Å². The molecule has 1 aromatic rings. The van der Waals surface area contributed by atoms with Crippen molar-refractivity contribution in [3.63, 3.8) is 0 Å². The normalized spacial score (nSPS) is 26.4. The molecular weight excluding hydrogens is 290 g/mol. The quantitative estimate of drug-likeness (QED) is 0.926. The Kier molecular flexibility index (Phi) is 4.58. The number of thioether (sulfide) groups is 2. The first-order valence-electron chi connectivity index (χ1n) is 6.99. The number of carboxylic acids is 1. The van der Waals surface area contributed by atoms with Gasteiger partial charge in [0.05, 0.1) is 6.42 Å². The fourth-order valence-electron chi connectivity index (χ4n) is 2.98. The molecule has 0 bridgehead atoms. The van der Waals surface area contributed by atoms with Crippen LogP contribution >= 0.6 is 23.5 Å². The Morgan fingerprint density at radius 2 is 2.20 bits per heavy atom. The zero-order valence-corrected chi connectivity index (χ0v) is 13.0. The lowest BCUT2D eigenvalue weighted by molar-refractivity contribution is -0.138. The molecule has 0 aliphatic carbocycles. The summed E-state index contributed by atoms with van der Waals surface area (Å²) in [6, 6.07) is 8.83. The first-order chi connectivity index (χ1) is 9.74. The SMILES string of the molecule is O=C(O)CC1CSCCN1CC1CSc2ccccc21. The van der Waals surface area contributed by atoms with Gasteiger partial charge >= 0.3 is 5.97 Å². The summed E-state index contributed by atoms with van der Waals surface area (Å²) in [5.74, 6) is 3.08. The molecule has 1 aromatic carbocycles. The summed E-state index contributed by atoms with van der Waals surface area (Å²) in [5.41, 5.74) is 1.45. The van der Waals surface area contributed by atoms with E-state index in [1.54, 1.807) is 0 Å². The maximum atomic E-state index is 11.0. The molecule has 0 aromatic heterocycles. The molecule has 1 fully saturated rings. The van der Waals surface area contributed by atoms with Crippen LogP contribution in [0.2, 0.25) is 0 Å². The highest BCUT2D eigenvalue weighted by atomic mass is 32.2. The van der Waals surface area contributed by atoms with Gasteiger partial charge in [-0.1, -0.05) is 18.2 Å². The molecule has 2 unspecified atom stereocenters. The number of fused-ring (bicyclic) bond motifs is 1. The number of benzene rings is 1. The lowest BCUT2D eigenvalue weighted by Gasteiger charge is -2.36. The molecule has 108 valence electrons. The average Bonchev–Trinajstić information content (AvgIpc) is 2.84. The van der Waals surface area contributed by atoms with Crippen LogP contribution in [0.3, 0.4) is 0 Å². The minimum absolute atomic E-state index is 0.198. The largest absolute Gasteiger partial charge is 0.481 e. The van der Waals surface area contributed by atoms with Gasteiger partial charge in [0.15, 0.2) is 0 Å². The van der Waals surface area contributed by atoms with Crippen LogP contribution in [-0.2, 0) is 4.79 Å². The number of aliphatic carboxylic acids is 1. The molecule has 0 saturated carbocycles. The Labute approximate surface area is 128 Å². The summed E-state index contributed by atoms with van der Waals surface area (Å²) in [7, 11) is 0. The third-order valence-corrected chi connectivity index (χ3v) is 6.36. The van der Waals surface area contributed by atoms with E-state index in [1.807, 2.05) is 23.5 Å². The minimum Gasteiger partial charge on any atom is -0.481 e. The summed E-state index contributed by atoms with van der Waals surface area (Å²) in [6.07, 6.45) is 0.272. The van der Waals surface area contributed by atoms with E-state index in [-0.39, 0.29) is 12.5 Å². The molecule has 1 N–H and O–H groups in total. The van der Waals surface area contributed by atoms with Crippen molar-refractivity contribution in [1.82, 2.24) is 4.90 Å². The smallest absolute Gasteiger partial charge is 0.304 e. The van der Waals surface area contributed by atoms with Crippen LogP contribution in [0.5, 0.6) is 0 Å². The third kappa shape index (κ3) is 3.15. The molecule has 1 saturated heterocycles. The Balaban J connectivity index is 1.68. The van der Waals surface area contributed by atoms with Crippen molar-refractivity contribution in [2.75, 3.05) is 30.3 Å². The van der Waals surface area contributed by atoms with Crippen molar-refractivity contribution < 1.29 is 9.90 Å². The highest BCUT2D eigenvalue weighted by Gasteiger charge is 2.30. The van der Waals surface area contributed by atoms with E-state index in [4.69, 9.17) is 5.11 Å². The monoisotopic (exact) mass is 309 g/mol. The summed E-state index contributed by atoms with van der Waals surface area (Å²) in [6.45, 7) is 2.02. The molecule has 0 amide bonds. The molecule has 2 atom stereocenters. The molecule has 2 aliphatic heterocycles. The molecule has 0 radical (unpaired) electrons. The number of nitrogens with zero attached hydrogens (tertiary/aromatic N) is 1. The topological polar surface area (TPSA) is 40.5 Å². The van der Waals surface area contributed by atoms with Crippen LogP contribution in [-0.4, -0.2) is 52.4 Å². The first kappa shape index (κ1) is 14.3. The molecule has 5 heteroatoms. The number of carbonyl (C=O) groups is 1. The van der Waals surface area contributed by atoms with E-state index in [0.717, 1.165) is 30.3 Å². The van der Waals surface area contributed by atoms with E-state index in [0.29, 0.717) is 5.92 Å². The predicted octanol–water partition coefficient (Wildman–Crippen LogP) is 2.77. The maximum Gasteiger partial charge on any atom is 0.304 e. The molecule has 0 spiro atoms. The van der Waals surface area contributed by atoms with Crippen LogP contribution in [0.25, 0.3) is 0 Å². The van der Waals surface area contributed by atoms with Gasteiger partial charge in [0.2, 0.25) is 0 Å². The first-order valence-corrected chi connectivity index (χ1v) is 9.13. The van der Waals surface area contributed by atoms with Crippen molar-refractivity contribution in [2.24, 2.45) is 0 Å². The van der Waals surface area contributed by atoms with E-state index in [9.17, 15) is 4.79 Å². The number of hydrogen-bond acceptors (Lipinski definition) is 4. The van der Waals surface area contributed by atoms with Gasteiger partial charge in [-0.15, -0.1) is 11.8 Å². The van der Waals surface area contributed by atoms with Gasteiger partial charge in [-0.05, 0) is 11.6 Å². The van der Waals surface area contributed by atoms with E-state index in [2.05, 4.69) is 29.2 Å². The lowest BCUT2D eigenvalue weighted by atomic mass is 9.99. The van der Waals surface area contributed by atoms with Gasteiger partial charge in [-0.2, -0.15) is 11.8 Å². The van der Waals surface area contributed by atoms with Crippen LogP contribution in [0, 0.1) is 0 Å². The van der Waals surface area contributed by atoms with Gasteiger partial charge in [0, 0.05) is 47.2 Å². The molecule has 3 rings (SSSR count). The minimum atomic E-state index is -0.677. The maximum absolute atomic E-state index is 11.0. The summed E-state index contributed by atoms with van der Waals surface area (Å²) in [4.78, 5) is 14.8. The van der Waals surface area contributed by atoms with Gasteiger partial charge in [0.1, 0.15) is 0 Å². The second-order valence-corrected chi connectivity index (χ2v) is 7.58. The van der Waals surface area contributed by atoms with Crippen molar-refractivity contribution >= 4 is 29.5 Å². The summed E-state index contributed by atoms with van der Waals surface area (Å²) < 4.78 is 0.